The SMILES string of the molecule is CC(C)C(N)COOCC(CO)OCn1cnc2c(=O)[nH]c(N)nc21. The molecule has 0 bridgehead atoms. The molecule has 0 fully saturated rings. The average Bonchev–Trinajstić information content (AvgIpc) is 2.97. The van der Waals surface area contributed by atoms with Gasteiger partial charge < -0.3 is 21.3 Å². The average molecular weight is 356 g/mol. The maximum Gasteiger partial charge on any atom is 0.280 e. The van der Waals surface area contributed by atoms with E-state index in [1.807, 2.05) is 13.8 Å². The van der Waals surface area contributed by atoms with Gasteiger partial charge in [-0.3, -0.25) is 14.3 Å². The van der Waals surface area contributed by atoms with Gasteiger partial charge in [0.15, 0.2) is 11.2 Å². The van der Waals surface area contributed by atoms with E-state index in [9.17, 15) is 9.90 Å². The summed E-state index contributed by atoms with van der Waals surface area (Å²) in [7, 11) is 0. The zero-order chi connectivity index (χ0) is 18.4. The molecule has 0 saturated carbocycles. The summed E-state index contributed by atoms with van der Waals surface area (Å²) in [6.07, 6.45) is 0.770. The van der Waals surface area contributed by atoms with Gasteiger partial charge in [0, 0.05) is 6.04 Å². The van der Waals surface area contributed by atoms with Crippen molar-refractivity contribution in [1.82, 2.24) is 19.5 Å². The number of aliphatic hydroxyl groups excluding tert-OH is 1. The summed E-state index contributed by atoms with van der Waals surface area (Å²) in [4.78, 5) is 32.1. The fourth-order valence-corrected chi connectivity index (χ4v) is 1.85. The van der Waals surface area contributed by atoms with E-state index in [0.29, 0.717) is 0 Å². The summed E-state index contributed by atoms with van der Waals surface area (Å²) in [6.45, 7) is 3.96. The van der Waals surface area contributed by atoms with E-state index in [4.69, 9.17) is 26.0 Å². The normalized spacial score (nSPS) is 14.3. The number of fused-ring (bicyclic) bond motifs is 1. The molecule has 2 unspecified atom stereocenters. The minimum absolute atomic E-state index is 0.00644. The number of rotatable bonds is 10. The molecule has 0 saturated heterocycles. The van der Waals surface area contributed by atoms with Crippen molar-refractivity contribution in [3.8, 4) is 0 Å². The van der Waals surface area contributed by atoms with Crippen LogP contribution in [-0.2, 0) is 21.2 Å². The molecule has 6 N–H and O–H groups in total. The van der Waals surface area contributed by atoms with Gasteiger partial charge in [-0.1, -0.05) is 13.8 Å². The van der Waals surface area contributed by atoms with E-state index < -0.39 is 11.7 Å². The Morgan fingerprint density at radius 1 is 1.36 bits per heavy atom. The predicted octanol–water partition coefficient (Wildman–Crippen LogP) is -1.03. The van der Waals surface area contributed by atoms with Crippen LogP contribution in [0.1, 0.15) is 13.8 Å². The van der Waals surface area contributed by atoms with E-state index in [1.54, 1.807) is 0 Å². The van der Waals surface area contributed by atoms with E-state index in [-0.39, 0.29) is 55.6 Å². The summed E-state index contributed by atoms with van der Waals surface area (Å²) in [5.41, 5.74) is 11.4. The van der Waals surface area contributed by atoms with Crippen LogP contribution < -0.4 is 17.0 Å². The van der Waals surface area contributed by atoms with Crippen molar-refractivity contribution in [2.75, 3.05) is 25.6 Å². The highest BCUT2D eigenvalue weighted by atomic mass is 17.2. The van der Waals surface area contributed by atoms with Crippen LogP contribution in [0, 0.1) is 5.92 Å². The van der Waals surface area contributed by atoms with Gasteiger partial charge in [0.2, 0.25) is 5.95 Å². The summed E-state index contributed by atoms with van der Waals surface area (Å²) < 4.78 is 7.02. The Morgan fingerprint density at radius 2 is 2.08 bits per heavy atom. The third-order valence-corrected chi connectivity index (χ3v) is 3.60. The molecule has 2 atom stereocenters. The quantitative estimate of drug-likeness (QED) is 0.237. The number of imidazole rings is 1. The standard InChI is InChI=1S/C14H24N6O5/c1-8(2)10(15)5-25-24-4-9(3-21)23-7-20-6-17-11-12(20)18-14(16)19-13(11)22/h6,8-10,21H,3-5,7,15H2,1-2H3,(H3,16,18,19,22). The Morgan fingerprint density at radius 3 is 2.76 bits per heavy atom. The van der Waals surface area contributed by atoms with Crippen molar-refractivity contribution in [2.45, 2.75) is 32.7 Å². The number of aliphatic hydroxyl groups is 1. The second-order valence-electron chi connectivity index (χ2n) is 5.91. The van der Waals surface area contributed by atoms with Crippen molar-refractivity contribution < 1.29 is 19.6 Å². The first-order chi connectivity index (χ1) is 11.9. The van der Waals surface area contributed by atoms with Gasteiger partial charge in [0.25, 0.3) is 5.56 Å². The molecular formula is C14H24N6O5. The van der Waals surface area contributed by atoms with Crippen molar-refractivity contribution >= 4 is 17.1 Å². The maximum atomic E-state index is 11.7. The van der Waals surface area contributed by atoms with E-state index in [1.165, 1.54) is 10.9 Å². The van der Waals surface area contributed by atoms with E-state index in [2.05, 4.69) is 15.0 Å². The monoisotopic (exact) mass is 356 g/mol. The molecule has 25 heavy (non-hydrogen) atoms. The van der Waals surface area contributed by atoms with Crippen molar-refractivity contribution in [3.05, 3.63) is 16.7 Å². The highest BCUT2D eigenvalue weighted by Gasteiger charge is 2.14. The van der Waals surface area contributed by atoms with Crippen molar-refractivity contribution in [1.29, 1.82) is 0 Å². The molecule has 2 heterocycles. The fraction of sp³-hybridized carbons (Fsp3) is 0.643. The van der Waals surface area contributed by atoms with Gasteiger partial charge >= 0.3 is 0 Å². The molecule has 2 rings (SSSR count). The van der Waals surface area contributed by atoms with Crippen LogP contribution in [0.5, 0.6) is 0 Å². The first-order valence-corrected chi connectivity index (χ1v) is 7.85. The van der Waals surface area contributed by atoms with Crippen LogP contribution in [0.3, 0.4) is 0 Å². The number of ether oxygens (including phenoxy) is 1. The molecule has 0 aliphatic rings. The molecule has 0 aliphatic carbocycles. The Hall–Kier alpha value is -2.05. The molecule has 0 amide bonds. The lowest BCUT2D eigenvalue weighted by Crippen LogP contribution is -2.32. The topological polar surface area (TPSA) is 164 Å². The number of aromatic nitrogens is 4. The van der Waals surface area contributed by atoms with Gasteiger partial charge in [-0.2, -0.15) is 4.98 Å². The van der Waals surface area contributed by atoms with Crippen LogP contribution in [0.4, 0.5) is 5.95 Å². The van der Waals surface area contributed by atoms with Crippen LogP contribution in [0.2, 0.25) is 0 Å². The number of aromatic amines is 1. The van der Waals surface area contributed by atoms with Crippen molar-refractivity contribution in [3.63, 3.8) is 0 Å². The number of nitrogen functional groups attached to an aromatic ring is 1. The van der Waals surface area contributed by atoms with E-state index in [0.717, 1.165) is 0 Å². The number of hydrogen-bond acceptors (Lipinski definition) is 9. The number of nitrogens with zero attached hydrogens (tertiary/aromatic N) is 3. The largest absolute Gasteiger partial charge is 0.394 e. The lowest BCUT2D eigenvalue weighted by molar-refractivity contribution is -0.313. The molecule has 0 aromatic carbocycles. The zero-order valence-corrected chi connectivity index (χ0v) is 14.2. The first kappa shape index (κ1) is 19.3. The second-order valence-corrected chi connectivity index (χ2v) is 5.91. The molecule has 11 nitrogen and oxygen atoms in total. The van der Waals surface area contributed by atoms with Crippen molar-refractivity contribution in [2.24, 2.45) is 11.7 Å². The lowest BCUT2D eigenvalue weighted by Gasteiger charge is -2.18. The Bertz CT molecular complexity index is 730. The summed E-state index contributed by atoms with van der Waals surface area (Å²) in [5, 5.41) is 9.35. The summed E-state index contributed by atoms with van der Waals surface area (Å²) >= 11 is 0. The Balaban J connectivity index is 1.86. The van der Waals surface area contributed by atoms with Crippen LogP contribution in [0.15, 0.2) is 11.1 Å². The molecule has 2 aromatic heterocycles. The Labute approximate surface area is 143 Å². The Kier molecular flexibility index (Phi) is 6.84. The summed E-state index contributed by atoms with van der Waals surface area (Å²) in [5.74, 6) is 0.252. The molecule has 0 aliphatic heterocycles. The first-order valence-electron chi connectivity index (χ1n) is 7.85. The van der Waals surface area contributed by atoms with Gasteiger partial charge in [-0.15, -0.1) is 0 Å². The minimum Gasteiger partial charge on any atom is -0.394 e. The lowest BCUT2D eigenvalue weighted by atomic mass is 10.1. The van der Waals surface area contributed by atoms with Gasteiger partial charge in [-0.05, 0) is 5.92 Å². The third kappa shape index (κ3) is 5.21. The molecule has 0 spiro atoms. The zero-order valence-electron chi connectivity index (χ0n) is 14.2. The number of nitrogens with two attached hydrogens (primary N) is 2. The molecular weight excluding hydrogens is 332 g/mol. The number of hydrogen-bond donors (Lipinski definition) is 4. The van der Waals surface area contributed by atoms with Gasteiger partial charge in [0.05, 0.1) is 19.5 Å². The van der Waals surface area contributed by atoms with Crippen LogP contribution >= 0.6 is 0 Å². The van der Waals surface area contributed by atoms with Crippen LogP contribution in [0.25, 0.3) is 11.2 Å². The second kappa shape index (κ2) is 8.87. The highest BCUT2D eigenvalue weighted by molar-refractivity contribution is 5.70. The predicted molar refractivity (Wildman–Crippen MR) is 89.2 cm³/mol. The summed E-state index contributed by atoms with van der Waals surface area (Å²) in [6, 6.07) is -0.138. The van der Waals surface area contributed by atoms with Gasteiger partial charge in [0.1, 0.15) is 19.4 Å². The fourth-order valence-electron chi connectivity index (χ4n) is 1.85. The van der Waals surface area contributed by atoms with Crippen LogP contribution in [-0.4, -0.2) is 56.6 Å². The smallest absolute Gasteiger partial charge is 0.280 e. The molecule has 11 heteroatoms. The molecule has 2 aromatic rings. The van der Waals surface area contributed by atoms with Gasteiger partial charge in [-0.25, -0.2) is 14.8 Å². The minimum atomic E-state index is -0.632. The maximum absolute atomic E-state index is 11.7. The number of H-pyrrole nitrogens is 1. The third-order valence-electron chi connectivity index (χ3n) is 3.60. The molecule has 140 valence electrons. The number of anilines is 1. The van der Waals surface area contributed by atoms with E-state index >= 15 is 0 Å². The highest BCUT2D eigenvalue weighted by Crippen LogP contribution is 2.07. The number of nitrogens with one attached hydrogen (secondary N) is 1. The molecule has 0 radical (unpaired) electrons.